The Labute approximate surface area is 122 Å². The molecule has 0 aromatic heterocycles. The van der Waals surface area contributed by atoms with Crippen LogP contribution in [0.25, 0.3) is 0 Å². The summed E-state index contributed by atoms with van der Waals surface area (Å²) < 4.78 is 5.64. The Kier molecular flexibility index (Phi) is 5.44. The van der Waals surface area contributed by atoms with E-state index >= 15 is 0 Å². The minimum Gasteiger partial charge on any atom is -0.493 e. The molecule has 2 atom stereocenters. The van der Waals surface area contributed by atoms with Gasteiger partial charge in [0.05, 0.1) is 12.7 Å². The number of ether oxygens (including phenoxy) is 1. The second-order valence-corrected chi connectivity index (χ2v) is 6.00. The predicted molar refractivity (Wildman–Crippen MR) is 82.1 cm³/mol. The van der Waals surface area contributed by atoms with E-state index < -0.39 is 6.10 Å². The highest BCUT2D eigenvalue weighted by atomic mass is 16.5. The smallest absolute Gasteiger partial charge is 0.125 e. The van der Waals surface area contributed by atoms with Crippen molar-refractivity contribution in [3.8, 4) is 5.75 Å². The topological polar surface area (TPSA) is 32.7 Å². The number of rotatable bonds is 5. The third-order valence-corrected chi connectivity index (χ3v) is 4.00. The summed E-state index contributed by atoms with van der Waals surface area (Å²) in [6.07, 6.45) is 2.07. The van der Waals surface area contributed by atoms with Gasteiger partial charge in [0.15, 0.2) is 0 Å². The van der Waals surface area contributed by atoms with Crippen LogP contribution in [0.3, 0.4) is 0 Å². The molecule has 3 nitrogen and oxygen atoms in total. The third kappa shape index (κ3) is 3.97. The highest BCUT2D eigenvalue weighted by Gasteiger charge is 2.21. The fraction of sp³-hybridized carbons (Fsp3) is 0.647. The lowest BCUT2D eigenvalue weighted by atomic mass is 9.98. The summed E-state index contributed by atoms with van der Waals surface area (Å²) in [6.45, 7) is 9.83. The maximum atomic E-state index is 10.6. The van der Waals surface area contributed by atoms with Crippen molar-refractivity contribution in [1.29, 1.82) is 0 Å². The van der Waals surface area contributed by atoms with Gasteiger partial charge >= 0.3 is 0 Å². The van der Waals surface area contributed by atoms with Gasteiger partial charge in [0.2, 0.25) is 0 Å². The Morgan fingerprint density at radius 3 is 2.95 bits per heavy atom. The van der Waals surface area contributed by atoms with Gasteiger partial charge in [-0.3, -0.25) is 0 Å². The summed E-state index contributed by atoms with van der Waals surface area (Å²) in [5, 5.41) is 10.6. The molecule has 1 aromatic carbocycles. The Balaban J connectivity index is 2.07. The zero-order valence-corrected chi connectivity index (χ0v) is 12.9. The Hall–Kier alpha value is -1.06. The summed E-state index contributed by atoms with van der Waals surface area (Å²) in [4.78, 5) is 2.37. The number of aliphatic hydroxyl groups is 1. The molecular weight excluding hydrogens is 250 g/mol. The van der Waals surface area contributed by atoms with E-state index in [2.05, 4.69) is 18.7 Å². The zero-order valence-electron chi connectivity index (χ0n) is 12.9. The van der Waals surface area contributed by atoms with Crippen LogP contribution in [0.4, 0.5) is 0 Å². The molecule has 1 aliphatic rings. The minimum absolute atomic E-state index is 0.471. The lowest BCUT2D eigenvalue weighted by molar-refractivity contribution is 0.0855. The van der Waals surface area contributed by atoms with Crippen LogP contribution in [-0.4, -0.2) is 36.2 Å². The number of benzene rings is 1. The molecule has 2 rings (SSSR count). The third-order valence-electron chi connectivity index (χ3n) is 4.00. The van der Waals surface area contributed by atoms with Gasteiger partial charge in [-0.25, -0.2) is 0 Å². The molecule has 0 amide bonds. The molecule has 1 fully saturated rings. The number of β-amino-alcohol motifs (C(OH)–C–C–N with tert-alkyl or cyclic N) is 1. The highest BCUT2D eigenvalue weighted by molar-refractivity contribution is 5.38. The van der Waals surface area contributed by atoms with Crippen molar-refractivity contribution in [2.75, 3.05) is 26.2 Å². The number of hydrogen-bond donors (Lipinski definition) is 1. The van der Waals surface area contributed by atoms with Crippen LogP contribution < -0.4 is 4.74 Å². The molecule has 1 saturated heterocycles. The molecule has 1 heterocycles. The van der Waals surface area contributed by atoms with Gasteiger partial charge < -0.3 is 14.7 Å². The maximum Gasteiger partial charge on any atom is 0.125 e. The fourth-order valence-electron chi connectivity index (χ4n) is 3.01. The zero-order chi connectivity index (χ0) is 14.5. The molecule has 112 valence electrons. The number of likely N-dealkylation sites (tertiary alicyclic amines) is 1. The first-order valence-electron chi connectivity index (χ1n) is 7.74. The maximum absolute atomic E-state index is 10.6. The van der Waals surface area contributed by atoms with Gasteiger partial charge in [-0.1, -0.05) is 18.6 Å². The van der Waals surface area contributed by atoms with Gasteiger partial charge in [-0.2, -0.15) is 0 Å². The fourth-order valence-corrected chi connectivity index (χ4v) is 3.01. The summed E-state index contributed by atoms with van der Waals surface area (Å²) in [6, 6.07) is 6.05. The molecule has 2 unspecified atom stereocenters. The van der Waals surface area contributed by atoms with Crippen LogP contribution in [0, 0.1) is 12.8 Å². The average Bonchev–Trinajstić information content (AvgIpc) is 2.41. The van der Waals surface area contributed by atoms with Crippen LogP contribution in [0.1, 0.15) is 43.9 Å². The predicted octanol–water partition coefficient (Wildman–Crippen LogP) is 3.16. The first kappa shape index (κ1) is 15.3. The van der Waals surface area contributed by atoms with Crippen molar-refractivity contribution < 1.29 is 9.84 Å². The van der Waals surface area contributed by atoms with E-state index in [1.165, 1.54) is 12.8 Å². The molecule has 1 N–H and O–H groups in total. The van der Waals surface area contributed by atoms with Gasteiger partial charge in [0.1, 0.15) is 5.75 Å². The summed E-state index contributed by atoms with van der Waals surface area (Å²) in [5.41, 5.74) is 2.08. The number of piperidine rings is 1. The standard InChI is InChI=1S/C17H27NO2/c1-4-20-17-8-7-13(2)10-15(17)16(19)12-18-9-5-6-14(3)11-18/h7-8,10,14,16,19H,4-6,9,11-12H2,1-3H3. The van der Waals surface area contributed by atoms with E-state index in [9.17, 15) is 5.11 Å². The van der Waals surface area contributed by atoms with Gasteiger partial charge in [0, 0.05) is 18.7 Å². The molecule has 0 saturated carbocycles. The normalized spacial score (nSPS) is 21.7. The van der Waals surface area contributed by atoms with E-state index in [-0.39, 0.29) is 0 Å². The first-order chi connectivity index (χ1) is 9.60. The van der Waals surface area contributed by atoms with Crippen molar-refractivity contribution in [2.45, 2.75) is 39.7 Å². The van der Waals surface area contributed by atoms with E-state index in [0.717, 1.165) is 35.9 Å². The molecule has 0 aliphatic carbocycles. The molecule has 1 aliphatic heterocycles. The summed E-state index contributed by atoms with van der Waals surface area (Å²) in [5.74, 6) is 1.55. The van der Waals surface area contributed by atoms with Crippen LogP contribution in [0.15, 0.2) is 18.2 Å². The molecule has 0 bridgehead atoms. The van der Waals surface area contributed by atoms with Crippen LogP contribution in [-0.2, 0) is 0 Å². The van der Waals surface area contributed by atoms with E-state index in [0.29, 0.717) is 13.2 Å². The van der Waals surface area contributed by atoms with Crippen LogP contribution in [0.5, 0.6) is 5.75 Å². The Morgan fingerprint density at radius 1 is 1.45 bits per heavy atom. The Bertz CT molecular complexity index is 433. The Morgan fingerprint density at radius 2 is 2.25 bits per heavy atom. The van der Waals surface area contributed by atoms with Crippen LogP contribution >= 0.6 is 0 Å². The van der Waals surface area contributed by atoms with Crippen molar-refractivity contribution in [1.82, 2.24) is 4.90 Å². The molecule has 20 heavy (non-hydrogen) atoms. The molecular formula is C17H27NO2. The van der Waals surface area contributed by atoms with Crippen LogP contribution in [0.2, 0.25) is 0 Å². The lowest BCUT2D eigenvalue weighted by Gasteiger charge is -2.32. The second kappa shape index (κ2) is 7.09. The van der Waals surface area contributed by atoms with Crippen molar-refractivity contribution >= 4 is 0 Å². The largest absolute Gasteiger partial charge is 0.493 e. The van der Waals surface area contributed by atoms with E-state index in [1.54, 1.807) is 0 Å². The monoisotopic (exact) mass is 277 g/mol. The van der Waals surface area contributed by atoms with Gasteiger partial charge in [0.25, 0.3) is 0 Å². The molecule has 1 aromatic rings. The summed E-state index contributed by atoms with van der Waals surface area (Å²) >= 11 is 0. The minimum atomic E-state index is -0.471. The number of aliphatic hydroxyl groups excluding tert-OH is 1. The van der Waals surface area contributed by atoms with Gasteiger partial charge in [-0.05, 0) is 51.3 Å². The number of nitrogens with zero attached hydrogens (tertiary/aromatic N) is 1. The van der Waals surface area contributed by atoms with Crippen molar-refractivity contribution in [3.05, 3.63) is 29.3 Å². The second-order valence-electron chi connectivity index (χ2n) is 6.00. The van der Waals surface area contributed by atoms with E-state index in [1.807, 2.05) is 25.1 Å². The first-order valence-corrected chi connectivity index (χ1v) is 7.74. The lowest BCUT2D eigenvalue weighted by Crippen LogP contribution is -2.37. The highest BCUT2D eigenvalue weighted by Crippen LogP contribution is 2.28. The molecule has 0 radical (unpaired) electrons. The number of hydrogen-bond acceptors (Lipinski definition) is 3. The molecule has 0 spiro atoms. The average molecular weight is 277 g/mol. The van der Waals surface area contributed by atoms with Gasteiger partial charge in [-0.15, -0.1) is 0 Å². The SMILES string of the molecule is CCOc1ccc(C)cc1C(O)CN1CCCC(C)C1. The quantitative estimate of drug-likeness (QED) is 0.897. The van der Waals surface area contributed by atoms with Crippen molar-refractivity contribution in [2.24, 2.45) is 5.92 Å². The van der Waals surface area contributed by atoms with E-state index in [4.69, 9.17) is 4.74 Å². The summed E-state index contributed by atoms with van der Waals surface area (Å²) in [7, 11) is 0. The van der Waals surface area contributed by atoms with Crippen molar-refractivity contribution in [3.63, 3.8) is 0 Å². The molecule has 3 heteroatoms. The number of aryl methyl sites for hydroxylation is 1.